The maximum Gasteiger partial charge on any atom is 0.338 e. The highest BCUT2D eigenvalue weighted by molar-refractivity contribution is 6.37. The van der Waals surface area contributed by atoms with E-state index >= 15 is 0 Å². The van der Waals surface area contributed by atoms with E-state index in [9.17, 15) is 19.7 Å². The predicted molar refractivity (Wildman–Crippen MR) is 102 cm³/mol. The van der Waals surface area contributed by atoms with E-state index in [2.05, 4.69) is 10.3 Å². The average molecular weight is 428 g/mol. The van der Waals surface area contributed by atoms with E-state index in [4.69, 9.17) is 32.7 Å². The molecule has 0 aliphatic carbocycles. The van der Waals surface area contributed by atoms with Crippen LogP contribution in [0.1, 0.15) is 22.8 Å². The molecule has 0 saturated carbocycles. The van der Waals surface area contributed by atoms with Gasteiger partial charge in [0.1, 0.15) is 0 Å². The number of nitrogens with one attached hydrogen (secondary N) is 1. The summed E-state index contributed by atoms with van der Waals surface area (Å²) >= 11 is 11.9. The topological polar surface area (TPSA) is 121 Å². The minimum absolute atomic E-state index is 0.0283. The third kappa shape index (κ3) is 5.08. The van der Waals surface area contributed by atoms with E-state index in [1.54, 1.807) is 13.8 Å². The second-order valence-electron chi connectivity index (χ2n) is 5.39. The van der Waals surface area contributed by atoms with Crippen molar-refractivity contribution in [1.82, 2.24) is 4.98 Å². The van der Waals surface area contributed by atoms with E-state index in [1.807, 2.05) is 0 Å². The number of nitro groups is 1. The van der Waals surface area contributed by atoms with E-state index in [1.165, 1.54) is 18.3 Å². The van der Waals surface area contributed by atoms with E-state index in [0.717, 1.165) is 6.07 Å². The maximum absolute atomic E-state index is 12.1. The molecule has 0 atom stereocenters. The quantitative estimate of drug-likeness (QED) is 0.405. The third-order valence-electron chi connectivity index (χ3n) is 3.49. The highest BCUT2D eigenvalue weighted by Gasteiger charge is 2.20. The lowest BCUT2D eigenvalue weighted by molar-refractivity contribution is -0.385. The van der Waals surface area contributed by atoms with Crippen LogP contribution in [-0.4, -0.2) is 35.0 Å². The van der Waals surface area contributed by atoms with Crippen molar-refractivity contribution in [2.45, 2.75) is 13.8 Å². The van der Waals surface area contributed by atoms with Gasteiger partial charge in [-0.1, -0.05) is 23.2 Å². The van der Waals surface area contributed by atoms with E-state index in [-0.39, 0.29) is 34.4 Å². The minimum Gasteiger partial charge on any atom is -0.487 e. The minimum atomic E-state index is -0.910. The Morgan fingerprint density at radius 2 is 2.04 bits per heavy atom. The number of rotatable bonds is 7. The number of aromatic nitrogens is 1. The van der Waals surface area contributed by atoms with Gasteiger partial charge in [0.05, 0.1) is 27.1 Å². The number of amides is 1. The van der Waals surface area contributed by atoms with Crippen LogP contribution in [0.5, 0.6) is 5.75 Å². The van der Waals surface area contributed by atoms with Gasteiger partial charge in [-0.2, -0.15) is 0 Å². The molecular weight excluding hydrogens is 413 g/mol. The Morgan fingerprint density at radius 1 is 1.32 bits per heavy atom. The molecule has 1 N–H and O–H groups in total. The first-order valence-electron chi connectivity index (χ1n) is 7.93. The van der Waals surface area contributed by atoms with Crippen molar-refractivity contribution >= 4 is 46.6 Å². The van der Waals surface area contributed by atoms with Crippen LogP contribution < -0.4 is 10.1 Å². The molecule has 0 spiro atoms. The van der Waals surface area contributed by atoms with Gasteiger partial charge in [-0.05, 0) is 31.5 Å². The molecule has 1 amide bonds. The van der Waals surface area contributed by atoms with Gasteiger partial charge in [0, 0.05) is 12.3 Å². The Hall–Kier alpha value is -2.91. The van der Waals surface area contributed by atoms with Gasteiger partial charge >= 0.3 is 11.7 Å². The van der Waals surface area contributed by atoms with Gasteiger partial charge in [0.25, 0.3) is 5.91 Å². The number of nitro benzene ring substituents is 1. The molecule has 1 heterocycles. The lowest BCUT2D eigenvalue weighted by Gasteiger charge is -2.10. The van der Waals surface area contributed by atoms with Gasteiger partial charge in [0.2, 0.25) is 0 Å². The first kappa shape index (κ1) is 21.4. The van der Waals surface area contributed by atoms with Crippen LogP contribution >= 0.6 is 23.2 Å². The predicted octanol–water partition coefficient (Wildman–Crippen LogP) is 3.80. The van der Waals surface area contributed by atoms with Crippen LogP contribution in [0, 0.1) is 17.0 Å². The van der Waals surface area contributed by atoms with Gasteiger partial charge in [-0.25, -0.2) is 9.78 Å². The van der Waals surface area contributed by atoms with Crippen molar-refractivity contribution < 1.29 is 24.0 Å². The molecule has 0 radical (unpaired) electrons. The Kier molecular flexibility index (Phi) is 7.13. The summed E-state index contributed by atoms with van der Waals surface area (Å²) in [6.45, 7) is 2.92. The number of esters is 1. The van der Waals surface area contributed by atoms with Crippen LogP contribution in [0.4, 0.5) is 11.5 Å². The molecule has 0 saturated heterocycles. The smallest absolute Gasteiger partial charge is 0.338 e. The molecule has 2 aromatic rings. The number of hydrogen-bond acceptors (Lipinski definition) is 7. The summed E-state index contributed by atoms with van der Waals surface area (Å²) in [4.78, 5) is 38.4. The zero-order chi connectivity index (χ0) is 20.8. The molecule has 0 unspecified atom stereocenters. The molecule has 1 aromatic heterocycles. The normalized spacial score (nSPS) is 10.3. The summed E-state index contributed by atoms with van der Waals surface area (Å²) in [5, 5.41) is 14.0. The second kappa shape index (κ2) is 9.34. The summed E-state index contributed by atoms with van der Waals surface area (Å²) in [6.07, 6.45) is 1.32. The molecule has 148 valence electrons. The number of nitrogens with zero attached hydrogens (tertiary/aromatic N) is 2. The monoisotopic (exact) mass is 427 g/mol. The number of pyridine rings is 1. The summed E-state index contributed by atoms with van der Waals surface area (Å²) in [7, 11) is 0. The third-order valence-corrected chi connectivity index (χ3v) is 4.33. The largest absolute Gasteiger partial charge is 0.487 e. The number of halogens is 2. The SMILES string of the molecule is CCOc1ccc(C(=O)OCC(=O)Nc2ncc(Cl)c(C)c2Cl)cc1[N+](=O)[O-]. The number of carbonyl (C=O) groups is 2. The highest BCUT2D eigenvalue weighted by atomic mass is 35.5. The zero-order valence-electron chi connectivity index (χ0n) is 14.8. The van der Waals surface area contributed by atoms with E-state index in [0.29, 0.717) is 10.6 Å². The van der Waals surface area contributed by atoms with Crippen LogP contribution in [0.2, 0.25) is 10.0 Å². The van der Waals surface area contributed by atoms with Crippen molar-refractivity contribution in [3.05, 3.63) is 55.7 Å². The molecule has 11 heteroatoms. The van der Waals surface area contributed by atoms with Crippen LogP contribution in [-0.2, 0) is 9.53 Å². The Bertz CT molecular complexity index is 935. The van der Waals surface area contributed by atoms with Gasteiger partial charge in [0.15, 0.2) is 18.2 Å². The summed E-state index contributed by atoms with van der Waals surface area (Å²) in [5.41, 5.74) is 0.0575. The number of anilines is 1. The number of hydrogen-bond donors (Lipinski definition) is 1. The average Bonchev–Trinajstić information content (AvgIpc) is 2.67. The van der Waals surface area contributed by atoms with Gasteiger partial charge in [-0.15, -0.1) is 0 Å². The molecule has 0 fully saturated rings. The molecule has 2 rings (SSSR count). The Balaban J connectivity index is 2.04. The van der Waals surface area contributed by atoms with Gasteiger partial charge < -0.3 is 14.8 Å². The fourth-order valence-corrected chi connectivity index (χ4v) is 2.48. The van der Waals surface area contributed by atoms with Crippen molar-refractivity contribution in [1.29, 1.82) is 0 Å². The molecule has 9 nitrogen and oxygen atoms in total. The highest BCUT2D eigenvalue weighted by Crippen LogP contribution is 2.29. The van der Waals surface area contributed by atoms with Gasteiger partial charge in [-0.3, -0.25) is 14.9 Å². The molecule has 0 bridgehead atoms. The van der Waals surface area contributed by atoms with Crippen molar-refractivity contribution in [2.24, 2.45) is 0 Å². The van der Waals surface area contributed by atoms with Crippen molar-refractivity contribution in [3.8, 4) is 5.75 Å². The summed E-state index contributed by atoms with van der Waals surface area (Å²) in [6, 6.07) is 3.61. The first-order valence-corrected chi connectivity index (χ1v) is 8.69. The Labute approximate surface area is 169 Å². The fraction of sp³-hybridized carbons (Fsp3) is 0.235. The molecule has 0 aliphatic rings. The summed E-state index contributed by atoms with van der Waals surface area (Å²) in [5.74, 6) is -1.50. The Morgan fingerprint density at radius 3 is 2.68 bits per heavy atom. The lowest BCUT2D eigenvalue weighted by atomic mass is 10.2. The van der Waals surface area contributed by atoms with Crippen LogP contribution in [0.25, 0.3) is 0 Å². The molecular formula is C17H15Cl2N3O6. The molecule has 1 aromatic carbocycles. The number of benzene rings is 1. The number of carbonyl (C=O) groups excluding carboxylic acids is 2. The standard InChI is InChI=1S/C17H15Cl2N3O6/c1-3-27-13-5-4-10(6-12(13)22(25)26)17(24)28-8-14(23)21-16-15(19)9(2)11(18)7-20-16/h4-7H,3,8H2,1-2H3,(H,20,21,23). The zero-order valence-corrected chi connectivity index (χ0v) is 16.3. The van der Waals surface area contributed by atoms with Crippen molar-refractivity contribution in [2.75, 3.05) is 18.5 Å². The summed E-state index contributed by atoms with van der Waals surface area (Å²) < 4.78 is 10.0. The molecule has 28 heavy (non-hydrogen) atoms. The lowest BCUT2D eigenvalue weighted by Crippen LogP contribution is -2.21. The van der Waals surface area contributed by atoms with Crippen LogP contribution in [0.3, 0.4) is 0 Å². The fourth-order valence-electron chi connectivity index (χ4n) is 2.09. The van der Waals surface area contributed by atoms with Crippen LogP contribution in [0.15, 0.2) is 24.4 Å². The second-order valence-corrected chi connectivity index (χ2v) is 6.18. The maximum atomic E-state index is 12.1. The van der Waals surface area contributed by atoms with E-state index < -0.39 is 23.4 Å². The molecule has 0 aliphatic heterocycles. The first-order chi connectivity index (χ1) is 13.2. The van der Waals surface area contributed by atoms with Crippen molar-refractivity contribution in [3.63, 3.8) is 0 Å². The number of ether oxygens (including phenoxy) is 2.